The van der Waals surface area contributed by atoms with Gasteiger partial charge in [-0.2, -0.15) is 13.2 Å². The quantitative estimate of drug-likeness (QED) is 0.514. The van der Waals surface area contributed by atoms with E-state index in [-0.39, 0.29) is 6.42 Å². The third-order valence-corrected chi connectivity index (χ3v) is 4.07. The second-order valence-electron chi connectivity index (χ2n) is 6.29. The molecule has 0 saturated heterocycles. The van der Waals surface area contributed by atoms with E-state index >= 15 is 0 Å². The van der Waals surface area contributed by atoms with E-state index in [1.54, 1.807) is 60.8 Å². The summed E-state index contributed by atoms with van der Waals surface area (Å²) < 4.78 is 38.7. The molecule has 3 aromatic rings. The number of benzene rings is 3. The van der Waals surface area contributed by atoms with Gasteiger partial charge in [0.25, 0.3) is 0 Å². The van der Waals surface area contributed by atoms with Crippen molar-refractivity contribution in [2.75, 3.05) is 5.32 Å². The standard InChI is InChI=1S/C22H17F3N2O2/c23-22(24,25)17-5-3-6-19(13-17)27-20-7-2-1-4-16(20)14-26-18-10-8-15(9-11-18)12-21(28)29/h1-11,13-14,27H,12H2,(H,28,29). The zero-order chi connectivity index (χ0) is 20.9. The Morgan fingerprint density at radius 3 is 2.41 bits per heavy atom. The molecule has 0 aliphatic rings. The van der Waals surface area contributed by atoms with E-state index in [0.717, 1.165) is 12.1 Å². The van der Waals surface area contributed by atoms with Crippen molar-refractivity contribution in [2.45, 2.75) is 12.6 Å². The Labute approximate surface area is 165 Å². The van der Waals surface area contributed by atoms with Crippen molar-refractivity contribution in [2.24, 2.45) is 4.99 Å². The molecule has 0 aliphatic heterocycles. The summed E-state index contributed by atoms with van der Waals surface area (Å²) in [5.74, 6) is -0.907. The number of para-hydroxylation sites is 1. The molecule has 4 nitrogen and oxygen atoms in total. The molecule has 148 valence electrons. The van der Waals surface area contributed by atoms with Crippen LogP contribution in [0.3, 0.4) is 0 Å². The molecule has 0 saturated carbocycles. The Hall–Kier alpha value is -3.61. The normalized spacial score (nSPS) is 11.6. The van der Waals surface area contributed by atoms with Crippen LogP contribution in [0.5, 0.6) is 0 Å². The van der Waals surface area contributed by atoms with Crippen LogP contribution in [0.2, 0.25) is 0 Å². The lowest BCUT2D eigenvalue weighted by Gasteiger charge is -2.12. The molecule has 0 aliphatic carbocycles. The number of hydrogen-bond donors (Lipinski definition) is 2. The van der Waals surface area contributed by atoms with E-state index < -0.39 is 17.7 Å². The van der Waals surface area contributed by atoms with E-state index in [1.807, 2.05) is 0 Å². The minimum atomic E-state index is -4.41. The molecule has 0 aromatic heterocycles. The first-order chi connectivity index (χ1) is 13.8. The van der Waals surface area contributed by atoms with Gasteiger partial charge in [0.15, 0.2) is 0 Å². The third-order valence-electron chi connectivity index (χ3n) is 4.07. The zero-order valence-electron chi connectivity index (χ0n) is 15.1. The first-order valence-corrected chi connectivity index (χ1v) is 8.69. The largest absolute Gasteiger partial charge is 0.481 e. The topological polar surface area (TPSA) is 61.7 Å². The van der Waals surface area contributed by atoms with Crippen molar-refractivity contribution < 1.29 is 23.1 Å². The number of hydrogen-bond acceptors (Lipinski definition) is 3. The van der Waals surface area contributed by atoms with Crippen LogP contribution in [0.25, 0.3) is 0 Å². The third kappa shape index (κ3) is 5.68. The highest BCUT2D eigenvalue weighted by Gasteiger charge is 2.30. The van der Waals surface area contributed by atoms with Crippen LogP contribution >= 0.6 is 0 Å². The number of alkyl halides is 3. The summed E-state index contributed by atoms with van der Waals surface area (Å²) in [4.78, 5) is 15.1. The molecule has 0 bridgehead atoms. The van der Waals surface area contributed by atoms with Crippen LogP contribution in [0.1, 0.15) is 16.7 Å². The number of carbonyl (C=O) groups is 1. The van der Waals surface area contributed by atoms with Gasteiger partial charge in [-0.1, -0.05) is 36.4 Å². The van der Waals surface area contributed by atoms with E-state index in [0.29, 0.717) is 28.2 Å². The van der Waals surface area contributed by atoms with Crippen molar-refractivity contribution in [3.63, 3.8) is 0 Å². The average molecular weight is 398 g/mol. The number of aliphatic carboxylic acids is 1. The molecule has 0 amide bonds. The summed E-state index contributed by atoms with van der Waals surface area (Å²) in [6.45, 7) is 0. The number of nitrogens with one attached hydrogen (secondary N) is 1. The molecular formula is C22H17F3N2O2. The van der Waals surface area contributed by atoms with Crippen molar-refractivity contribution in [1.29, 1.82) is 0 Å². The number of carboxylic acids is 1. The molecule has 2 N–H and O–H groups in total. The molecule has 0 radical (unpaired) electrons. The van der Waals surface area contributed by atoms with Gasteiger partial charge in [-0.3, -0.25) is 9.79 Å². The lowest BCUT2D eigenvalue weighted by molar-refractivity contribution is -0.138. The molecule has 0 spiro atoms. The highest BCUT2D eigenvalue weighted by molar-refractivity contribution is 5.90. The van der Waals surface area contributed by atoms with Crippen LogP contribution in [-0.4, -0.2) is 17.3 Å². The summed E-state index contributed by atoms with van der Waals surface area (Å²) in [6.07, 6.45) is -2.87. The lowest BCUT2D eigenvalue weighted by Crippen LogP contribution is -2.05. The van der Waals surface area contributed by atoms with Gasteiger partial charge < -0.3 is 10.4 Å². The summed E-state index contributed by atoms with van der Waals surface area (Å²) in [7, 11) is 0. The molecule has 0 unspecified atom stereocenters. The molecule has 0 heterocycles. The summed E-state index contributed by atoms with van der Waals surface area (Å²) in [6, 6.07) is 18.9. The number of anilines is 2. The smallest absolute Gasteiger partial charge is 0.416 e. The van der Waals surface area contributed by atoms with E-state index in [1.165, 1.54) is 6.07 Å². The fourth-order valence-corrected chi connectivity index (χ4v) is 2.67. The van der Waals surface area contributed by atoms with Gasteiger partial charge in [-0.25, -0.2) is 0 Å². The Balaban J connectivity index is 1.79. The van der Waals surface area contributed by atoms with Gasteiger partial charge in [-0.15, -0.1) is 0 Å². The van der Waals surface area contributed by atoms with Crippen LogP contribution in [-0.2, 0) is 17.4 Å². The number of aliphatic imine (C=N–C) groups is 1. The van der Waals surface area contributed by atoms with Crippen LogP contribution in [0.15, 0.2) is 77.8 Å². The number of rotatable bonds is 6. The Morgan fingerprint density at radius 1 is 1.00 bits per heavy atom. The van der Waals surface area contributed by atoms with E-state index in [4.69, 9.17) is 5.11 Å². The van der Waals surface area contributed by atoms with Gasteiger partial charge in [0.2, 0.25) is 0 Å². The predicted octanol–water partition coefficient (Wildman–Crippen LogP) is 5.83. The SMILES string of the molecule is O=C(O)Cc1ccc(N=Cc2ccccc2Nc2cccc(C(F)(F)F)c2)cc1. The second-order valence-corrected chi connectivity index (χ2v) is 6.29. The van der Waals surface area contributed by atoms with Crippen LogP contribution in [0, 0.1) is 0 Å². The van der Waals surface area contributed by atoms with Crippen molar-refractivity contribution in [3.05, 3.63) is 89.5 Å². The van der Waals surface area contributed by atoms with Gasteiger partial charge in [0, 0.05) is 23.2 Å². The maximum Gasteiger partial charge on any atom is 0.416 e. The summed E-state index contributed by atoms with van der Waals surface area (Å²) in [5, 5.41) is 11.8. The zero-order valence-corrected chi connectivity index (χ0v) is 15.1. The molecule has 3 rings (SSSR count). The molecule has 7 heteroatoms. The highest BCUT2D eigenvalue weighted by atomic mass is 19.4. The Kier molecular flexibility index (Phi) is 5.97. The minimum Gasteiger partial charge on any atom is -0.481 e. The number of halogens is 3. The number of nitrogens with zero attached hydrogens (tertiary/aromatic N) is 1. The van der Waals surface area contributed by atoms with Gasteiger partial charge in [0.1, 0.15) is 0 Å². The first kappa shape index (κ1) is 20.1. The second kappa shape index (κ2) is 8.60. The van der Waals surface area contributed by atoms with Gasteiger partial charge >= 0.3 is 12.1 Å². The molecule has 3 aromatic carbocycles. The molecule has 0 fully saturated rings. The van der Waals surface area contributed by atoms with Crippen molar-refractivity contribution >= 4 is 29.2 Å². The van der Waals surface area contributed by atoms with Gasteiger partial charge in [0.05, 0.1) is 17.7 Å². The van der Waals surface area contributed by atoms with Crippen molar-refractivity contribution in [3.8, 4) is 0 Å². The molecule has 29 heavy (non-hydrogen) atoms. The summed E-state index contributed by atoms with van der Waals surface area (Å²) in [5.41, 5.74) is 2.20. The fourth-order valence-electron chi connectivity index (χ4n) is 2.67. The van der Waals surface area contributed by atoms with E-state index in [9.17, 15) is 18.0 Å². The first-order valence-electron chi connectivity index (χ1n) is 8.69. The Bertz CT molecular complexity index is 1030. The lowest BCUT2D eigenvalue weighted by atomic mass is 10.1. The molecule has 0 atom stereocenters. The maximum absolute atomic E-state index is 12.9. The fraction of sp³-hybridized carbons (Fsp3) is 0.0909. The molecular weight excluding hydrogens is 381 g/mol. The van der Waals surface area contributed by atoms with E-state index in [2.05, 4.69) is 10.3 Å². The Morgan fingerprint density at radius 2 is 1.72 bits per heavy atom. The van der Waals surface area contributed by atoms with Crippen molar-refractivity contribution in [1.82, 2.24) is 0 Å². The van der Waals surface area contributed by atoms with Crippen LogP contribution in [0.4, 0.5) is 30.2 Å². The minimum absolute atomic E-state index is 0.0618. The number of carboxylic acid groups (broad SMARTS) is 1. The maximum atomic E-state index is 12.9. The van der Waals surface area contributed by atoms with Gasteiger partial charge in [-0.05, 0) is 42.0 Å². The van der Waals surface area contributed by atoms with Crippen LogP contribution < -0.4 is 5.32 Å². The predicted molar refractivity (Wildman–Crippen MR) is 106 cm³/mol. The summed E-state index contributed by atoms with van der Waals surface area (Å²) >= 11 is 0. The highest BCUT2D eigenvalue weighted by Crippen LogP contribution is 2.31. The monoisotopic (exact) mass is 398 g/mol. The average Bonchev–Trinajstić information content (AvgIpc) is 2.68.